The van der Waals surface area contributed by atoms with E-state index in [1.807, 2.05) is 31.2 Å². The maximum Gasteiger partial charge on any atom is 0.238 e. The molecule has 0 heterocycles. The second kappa shape index (κ2) is 8.29. The number of nitrogens with two attached hydrogens (primary N) is 1. The van der Waals surface area contributed by atoms with Crippen LogP contribution in [0.4, 0.5) is 5.69 Å². The van der Waals surface area contributed by atoms with E-state index in [0.29, 0.717) is 18.8 Å². The number of amides is 2. The maximum atomic E-state index is 11.9. The van der Waals surface area contributed by atoms with E-state index in [0.717, 1.165) is 5.56 Å². The lowest BCUT2D eigenvalue weighted by Crippen LogP contribution is -2.38. The number of hydrogen-bond donors (Lipinski definition) is 3. The van der Waals surface area contributed by atoms with Crippen LogP contribution >= 0.6 is 0 Å². The molecule has 0 fully saturated rings. The average molecular weight is 278 g/mol. The molecule has 0 aliphatic heterocycles. The van der Waals surface area contributed by atoms with Crippen molar-refractivity contribution >= 4 is 17.5 Å². The van der Waals surface area contributed by atoms with Gasteiger partial charge in [-0.05, 0) is 25.6 Å². The summed E-state index contributed by atoms with van der Waals surface area (Å²) in [5, 5.41) is 5.49. The zero-order valence-corrected chi connectivity index (χ0v) is 12.0. The summed E-state index contributed by atoms with van der Waals surface area (Å²) in [5.41, 5.74) is 7.21. The molecule has 0 saturated carbocycles. The molecular weight excluding hydrogens is 256 g/mol. The molecule has 0 atom stereocenters. The van der Waals surface area contributed by atoms with E-state index in [1.165, 1.54) is 0 Å². The van der Waals surface area contributed by atoms with E-state index in [1.54, 1.807) is 11.9 Å². The molecule has 0 aliphatic rings. The van der Waals surface area contributed by atoms with Gasteiger partial charge in [-0.25, -0.2) is 0 Å². The average Bonchev–Trinajstić information content (AvgIpc) is 2.39. The van der Waals surface area contributed by atoms with E-state index in [9.17, 15) is 9.59 Å². The monoisotopic (exact) mass is 278 g/mol. The minimum atomic E-state index is -0.169. The summed E-state index contributed by atoms with van der Waals surface area (Å²) in [4.78, 5) is 25.0. The standard InChI is InChI=1S/C14H22N4O2/c1-3-16-13(19)9-18(2)10-14(20)17-12-7-5-4-6-11(12)8-15/h4-7H,3,8-10,15H2,1-2H3,(H,16,19)(H,17,20). The third-order valence-electron chi connectivity index (χ3n) is 2.71. The molecule has 0 bridgehead atoms. The van der Waals surface area contributed by atoms with E-state index in [2.05, 4.69) is 10.6 Å². The van der Waals surface area contributed by atoms with Crippen LogP contribution in [-0.2, 0) is 16.1 Å². The molecule has 1 aromatic carbocycles. The normalized spacial score (nSPS) is 10.4. The van der Waals surface area contributed by atoms with Gasteiger partial charge in [0.1, 0.15) is 0 Å². The van der Waals surface area contributed by atoms with Crippen LogP contribution in [0, 0.1) is 0 Å². The van der Waals surface area contributed by atoms with Crippen LogP contribution in [0.5, 0.6) is 0 Å². The molecule has 0 spiro atoms. The summed E-state index contributed by atoms with van der Waals surface area (Å²) in [6, 6.07) is 7.39. The smallest absolute Gasteiger partial charge is 0.238 e. The quantitative estimate of drug-likeness (QED) is 0.662. The Balaban J connectivity index is 2.49. The van der Waals surface area contributed by atoms with Crippen molar-refractivity contribution in [1.29, 1.82) is 0 Å². The number of rotatable bonds is 7. The van der Waals surface area contributed by atoms with Crippen molar-refractivity contribution in [1.82, 2.24) is 10.2 Å². The van der Waals surface area contributed by atoms with Crippen LogP contribution in [0.25, 0.3) is 0 Å². The highest BCUT2D eigenvalue weighted by Crippen LogP contribution is 2.13. The van der Waals surface area contributed by atoms with E-state index in [-0.39, 0.29) is 24.9 Å². The van der Waals surface area contributed by atoms with Gasteiger partial charge in [-0.15, -0.1) is 0 Å². The molecule has 0 aromatic heterocycles. The lowest BCUT2D eigenvalue weighted by atomic mass is 10.2. The number of nitrogens with zero attached hydrogens (tertiary/aromatic N) is 1. The molecule has 2 amide bonds. The molecule has 6 nitrogen and oxygen atoms in total. The molecular formula is C14H22N4O2. The van der Waals surface area contributed by atoms with Gasteiger partial charge in [0.15, 0.2) is 0 Å². The first kappa shape index (κ1) is 16.1. The Kier molecular flexibility index (Phi) is 6.69. The largest absolute Gasteiger partial charge is 0.355 e. The molecule has 20 heavy (non-hydrogen) atoms. The Morgan fingerprint density at radius 3 is 2.50 bits per heavy atom. The first-order valence-electron chi connectivity index (χ1n) is 6.59. The van der Waals surface area contributed by atoms with Crippen LogP contribution in [0.15, 0.2) is 24.3 Å². The number of carbonyl (C=O) groups excluding carboxylic acids is 2. The van der Waals surface area contributed by atoms with Gasteiger partial charge in [0.05, 0.1) is 13.1 Å². The molecule has 0 unspecified atom stereocenters. The van der Waals surface area contributed by atoms with Gasteiger partial charge < -0.3 is 16.4 Å². The van der Waals surface area contributed by atoms with Crippen molar-refractivity contribution in [2.45, 2.75) is 13.5 Å². The van der Waals surface area contributed by atoms with Gasteiger partial charge in [-0.3, -0.25) is 14.5 Å². The molecule has 4 N–H and O–H groups in total. The Hall–Kier alpha value is -1.92. The zero-order valence-electron chi connectivity index (χ0n) is 12.0. The molecule has 1 aromatic rings. The molecule has 0 saturated heterocycles. The SMILES string of the molecule is CCNC(=O)CN(C)CC(=O)Nc1ccccc1CN. The molecule has 6 heteroatoms. The first-order valence-corrected chi connectivity index (χ1v) is 6.59. The highest BCUT2D eigenvalue weighted by atomic mass is 16.2. The molecule has 1 rings (SSSR count). The number of nitrogens with one attached hydrogen (secondary N) is 2. The van der Waals surface area contributed by atoms with E-state index in [4.69, 9.17) is 5.73 Å². The van der Waals surface area contributed by atoms with Gasteiger partial charge in [-0.2, -0.15) is 0 Å². The third kappa shape index (κ3) is 5.38. The second-order valence-electron chi connectivity index (χ2n) is 4.54. The van der Waals surface area contributed by atoms with Crippen LogP contribution < -0.4 is 16.4 Å². The van der Waals surface area contributed by atoms with E-state index < -0.39 is 0 Å². The van der Waals surface area contributed by atoms with Crippen molar-refractivity contribution in [3.05, 3.63) is 29.8 Å². The topological polar surface area (TPSA) is 87.5 Å². The van der Waals surface area contributed by atoms with Crippen LogP contribution in [0.1, 0.15) is 12.5 Å². The lowest BCUT2D eigenvalue weighted by Gasteiger charge is -2.16. The van der Waals surface area contributed by atoms with Crippen LogP contribution in [-0.4, -0.2) is 43.4 Å². The van der Waals surface area contributed by atoms with Gasteiger partial charge in [0, 0.05) is 18.8 Å². The zero-order chi connectivity index (χ0) is 15.0. The predicted octanol–water partition coefficient (Wildman–Crippen LogP) is 0.152. The van der Waals surface area contributed by atoms with Gasteiger partial charge in [-0.1, -0.05) is 18.2 Å². The maximum absolute atomic E-state index is 11.9. The predicted molar refractivity (Wildman–Crippen MR) is 79.1 cm³/mol. The number of likely N-dealkylation sites (N-methyl/N-ethyl adjacent to an activating group) is 2. The number of benzene rings is 1. The summed E-state index contributed by atoms with van der Waals surface area (Å²) >= 11 is 0. The fraction of sp³-hybridized carbons (Fsp3) is 0.429. The number of anilines is 1. The van der Waals surface area contributed by atoms with Crippen molar-refractivity contribution in [2.75, 3.05) is 32.0 Å². The Bertz CT molecular complexity index is 462. The summed E-state index contributed by atoms with van der Waals surface area (Å²) in [6.45, 7) is 3.15. The highest BCUT2D eigenvalue weighted by molar-refractivity contribution is 5.93. The summed E-state index contributed by atoms with van der Waals surface area (Å²) in [5.74, 6) is -0.261. The molecule has 0 aliphatic carbocycles. The van der Waals surface area contributed by atoms with Gasteiger partial charge >= 0.3 is 0 Å². The summed E-state index contributed by atoms with van der Waals surface area (Å²) < 4.78 is 0. The van der Waals surface area contributed by atoms with Crippen LogP contribution in [0.2, 0.25) is 0 Å². The Labute approximate surface area is 119 Å². The minimum Gasteiger partial charge on any atom is -0.355 e. The Morgan fingerprint density at radius 2 is 1.85 bits per heavy atom. The number of para-hydroxylation sites is 1. The first-order chi connectivity index (χ1) is 9.56. The van der Waals surface area contributed by atoms with Crippen molar-refractivity contribution in [3.8, 4) is 0 Å². The fourth-order valence-corrected chi connectivity index (χ4v) is 1.81. The van der Waals surface area contributed by atoms with Crippen molar-refractivity contribution in [3.63, 3.8) is 0 Å². The fourth-order valence-electron chi connectivity index (χ4n) is 1.81. The van der Waals surface area contributed by atoms with Crippen molar-refractivity contribution < 1.29 is 9.59 Å². The molecule has 0 radical (unpaired) electrons. The van der Waals surface area contributed by atoms with Gasteiger partial charge in [0.2, 0.25) is 11.8 Å². The molecule has 110 valence electrons. The van der Waals surface area contributed by atoms with Crippen molar-refractivity contribution in [2.24, 2.45) is 5.73 Å². The van der Waals surface area contributed by atoms with Gasteiger partial charge in [0.25, 0.3) is 0 Å². The third-order valence-corrected chi connectivity index (χ3v) is 2.71. The summed E-state index contributed by atoms with van der Waals surface area (Å²) in [6.07, 6.45) is 0. The number of hydrogen-bond acceptors (Lipinski definition) is 4. The summed E-state index contributed by atoms with van der Waals surface area (Å²) in [7, 11) is 1.73. The second-order valence-corrected chi connectivity index (χ2v) is 4.54. The minimum absolute atomic E-state index is 0.0924. The number of carbonyl (C=O) groups is 2. The highest BCUT2D eigenvalue weighted by Gasteiger charge is 2.11. The Morgan fingerprint density at radius 1 is 1.20 bits per heavy atom. The van der Waals surface area contributed by atoms with E-state index >= 15 is 0 Å². The van der Waals surface area contributed by atoms with Crippen LogP contribution in [0.3, 0.4) is 0 Å². The lowest BCUT2D eigenvalue weighted by molar-refractivity contribution is -0.122.